The normalized spacial score (nSPS) is 20.8. The summed E-state index contributed by atoms with van der Waals surface area (Å²) in [7, 11) is 1.46. The lowest BCUT2D eigenvalue weighted by Crippen LogP contribution is -2.43. The topological polar surface area (TPSA) is 59.4 Å². The van der Waals surface area contributed by atoms with Crippen LogP contribution in [0.3, 0.4) is 0 Å². The van der Waals surface area contributed by atoms with Gasteiger partial charge in [-0.05, 0) is 18.9 Å². The maximum absolute atomic E-state index is 13.2. The van der Waals surface area contributed by atoms with Gasteiger partial charge < -0.3 is 9.84 Å². The molecule has 0 saturated heterocycles. The van der Waals surface area contributed by atoms with E-state index in [4.69, 9.17) is 4.74 Å². The van der Waals surface area contributed by atoms with Crippen LogP contribution in [0.15, 0.2) is 18.3 Å². The molecule has 1 N–H and O–H groups in total. The fourth-order valence-electron chi connectivity index (χ4n) is 2.42. The molecule has 0 aliphatic heterocycles. The number of halogens is 2. The number of pyridine rings is 1. The quantitative estimate of drug-likeness (QED) is 0.918. The summed E-state index contributed by atoms with van der Waals surface area (Å²) >= 11 is 0. The lowest BCUT2D eigenvalue weighted by Gasteiger charge is -2.36. The molecule has 0 radical (unpaired) electrons. The molecule has 0 bridgehead atoms. The Morgan fingerprint density at radius 2 is 2.00 bits per heavy atom. The molecule has 0 unspecified atom stereocenters. The number of rotatable bonds is 3. The van der Waals surface area contributed by atoms with Crippen LogP contribution in [0.1, 0.15) is 31.4 Å². The molecule has 1 aromatic heterocycles. The molecule has 4 nitrogen and oxygen atoms in total. The van der Waals surface area contributed by atoms with Gasteiger partial charge in [-0.25, -0.2) is 8.78 Å². The number of ether oxygens (including phenoxy) is 1. The van der Waals surface area contributed by atoms with Crippen LogP contribution >= 0.6 is 0 Å². The molecule has 1 fully saturated rings. The van der Waals surface area contributed by atoms with Gasteiger partial charge in [-0.3, -0.25) is 9.78 Å². The molecule has 0 amide bonds. The van der Waals surface area contributed by atoms with Gasteiger partial charge >= 0.3 is 5.97 Å². The Hall–Kier alpha value is -1.72. The first kappa shape index (κ1) is 13.7. The molecule has 0 atom stereocenters. The van der Waals surface area contributed by atoms with Gasteiger partial charge in [-0.2, -0.15) is 0 Å². The van der Waals surface area contributed by atoms with Crippen molar-refractivity contribution in [2.45, 2.75) is 37.0 Å². The van der Waals surface area contributed by atoms with E-state index in [1.165, 1.54) is 19.4 Å². The average Bonchev–Trinajstić information content (AvgIpc) is 2.39. The van der Waals surface area contributed by atoms with Crippen LogP contribution < -0.4 is 4.74 Å². The number of hydrogen-bond donors (Lipinski definition) is 1. The molecule has 0 spiro atoms. The lowest BCUT2D eigenvalue weighted by molar-refractivity contribution is -0.149. The summed E-state index contributed by atoms with van der Waals surface area (Å²) in [6.45, 7) is 0. The fourth-order valence-corrected chi connectivity index (χ4v) is 2.42. The van der Waals surface area contributed by atoms with E-state index in [0.29, 0.717) is 5.75 Å². The van der Waals surface area contributed by atoms with Crippen molar-refractivity contribution < 1.29 is 23.4 Å². The Bertz CT molecular complexity index is 481. The van der Waals surface area contributed by atoms with Crippen molar-refractivity contribution in [1.29, 1.82) is 0 Å². The first-order valence-electron chi connectivity index (χ1n) is 6.01. The van der Waals surface area contributed by atoms with Crippen LogP contribution in [-0.4, -0.2) is 29.1 Å². The lowest BCUT2D eigenvalue weighted by atomic mass is 9.70. The van der Waals surface area contributed by atoms with E-state index in [-0.39, 0.29) is 18.5 Å². The third kappa shape index (κ3) is 2.52. The molecule has 0 aromatic carbocycles. The van der Waals surface area contributed by atoms with Gasteiger partial charge in [0.1, 0.15) is 11.2 Å². The highest BCUT2D eigenvalue weighted by Gasteiger charge is 2.50. The second kappa shape index (κ2) is 4.75. The summed E-state index contributed by atoms with van der Waals surface area (Å²) in [6, 6.07) is 3.11. The minimum absolute atomic E-state index is 0.116. The van der Waals surface area contributed by atoms with E-state index in [1.54, 1.807) is 6.07 Å². The fraction of sp³-hybridized carbons (Fsp3) is 0.538. The molecule has 104 valence electrons. The van der Waals surface area contributed by atoms with E-state index in [0.717, 1.165) is 0 Å². The summed E-state index contributed by atoms with van der Waals surface area (Å²) in [5.74, 6) is -3.41. The second-order valence-corrected chi connectivity index (χ2v) is 4.82. The van der Waals surface area contributed by atoms with Crippen LogP contribution in [0.4, 0.5) is 8.78 Å². The van der Waals surface area contributed by atoms with Crippen LogP contribution in [0, 0.1) is 0 Å². The van der Waals surface area contributed by atoms with Crippen LogP contribution in [0.2, 0.25) is 0 Å². The first-order valence-corrected chi connectivity index (χ1v) is 6.01. The first-order chi connectivity index (χ1) is 8.89. The van der Waals surface area contributed by atoms with Gasteiger partial charge in [0.05, 0.1) is 12.8 Å². The van der Waals surface area contributed by atoms with Crippen LogP contribution in [0.25, 0.3) is 0 Å². The van der Waals surface area contributed by atoms with E-state index in [9.17, 15) is 18.7 Å². The summed E-state index contributed by atoms with van der Waals surface area (Å²) in [6.07, 6.45) is 0.340. The number of carboxylic acid groups (broad SMARTS) is 1. The minimum Gasteiger partial charge on any atom is -0.497 e. The number of aliphatic carboxylic acids is 1. The smallest absolute Gasteiger partial charge is 0.315 e. The van der Waals surface area contributed by atoms with E-state index >= 15 is 0 Å². The number of hydrogen-bond acceptors (Lipinski definition) is 3. The molecule has 1 saturated carbocycles. The van der Waals surface area contributed by atoms with Gasteiger partial charge in [0, 0.05) is 25.1 Å². The summed E-state index contributed by atoms with van der Waals surface area (Å²) < 4.78 is 31.5. The maximum Gasteiger partial charge on any atom is 0.315 e. The standard InChI is InChI=1S/C13H15F2NO3/c1-19-9-2-7-16-10(8-9)12(11(17)18)3-5-13(14,15)6-4-12/h2,7-8H,3-6H2,1H3,(H,17,18). The number of aromatic nitrogens is 1. The number of carboxylic acids is 1. The van der Waals surface area contributed by atoms with Gasteiger partial charge in [-0.15, -0.1) is 0 Å². The number of nitrogens with zero attached hydrogens (tertiary/aromatic N) is 1. The molecule has 6 heteroatoms. The third-order valence-corrected chi connectivity index (χ3v) is 3.70. The van der Waals surface area contributed by atoms with Gasteiger partial charge in [-0.1, -0.05) is 0 Å². The van der Waals surface area contributed by atoms with E-state index in [2.05, 4.69) is 4.98 Å². The zero-order chi connectivity index (χ0) is 14.1. The Balaban J connectivity index is 2.38. The molecule has 2 rings (SSSR count). The van der Waals surface area contributed by atoms with Crippen molar-refractivity contribution in [1.82, 2.24) is 4.98 Å². The van der Waals surface area contributed by atoms with Gasteiger partial charge in [0.25, 0.3) is 0 Å². The highest BCUT2D eigenvalue weighted by atomic mass is 19.3. The Morgan fingerprint density at radius 3 is 2.53 bits per heavy atom. The predicted molar refractivity (Wildman–Crippen MR) is 63.5 cm³/mol. The molecular weight excluding hydrogens is 256 g/mol. The Labute approximate surface area is 109 Å². The van der Waals surface area contributed by atoms with Gasteiger partial charge in [0.15, 0.2) is 0 Å². The summed E-state index contributed by atoms with van der Waals surface area (Å²) in [5.41, 5.74) is -1.05. The molecular formula is C13H15F2NO3. The average molecular weight is 271 g/mol. The minimum atomic E-state index is -2.78. The second-order valence-electron chi connectivity index (χ2n) is 4.82. The number of methoxy groups -OCH3 is 1. The highest BCUT2D eigenvalue weighted by molar-refractivity contribution is 5.81. The molecule has 1 aliphatic carbocycles. The van der Waals surface area contributed by atoms with Crippen LogP contribution in [0.5, 0.6) is 5.75 Å². The Kier molecular flexibility index (Phi) is 3.43. The van der Waals surface area contributed by atoms with E-state index < -0.39 is 30.1 Å². The van der Waals surface area contributed by atoms with E-state index in [1.807, 2.05) is 0 Å². The van der Waals surface area contributed by atoms with Crippen molar-refractivity contribution in [3.8, 4) is 5.75 Å². The molecule has 19 heavy (non-hydrogen) atoms. The molecule has 1 aliphatic rings. The van der Waals surface area contributed by atoms with Gasteiger partial charge in [0.2, 0.25) is 5.92 Å². The van der Waals surface area contributed by atoms with Crippen LogP contribution in [-0.2, 0) is 10.2 Å². The number of alkyl halides is 2. The SMILES string of the molecule is COc1ccnc(C2(C(=O)O)CCC(F)(F)CC2)c1. The van der Waals surface area contributed by atoms with Crippen molar-refractivity contribution in [2.75, 3.05) is 7.11 Å². The molecule has 1 aromatic rings. The zero-order valence-corrected chi connectivity index (χ0v) is 10.5. The monoisotopic (exact) mass is 271 g/mol. The Morgan fingerprint density at radius 1 is 1.37 bits per heavy atom. The number of carbonyl (C=O) groups is 1. The summed E-state index contributed by atoms with van der Waals surface area (Å²) in [4.78, 5) is 15.6. The zero-order valence-electron chi connectivity index (χ0n) is 10.5. The maximum atomic E-state index is 13.2. The third-order valence-electron chi connectivity index (χ3n) is 3.70. The highest BCUT2D eigenvalue weighted by Crippen LogP contribution is 2.45. The predicted octanol–water partition coefficient (Wildman–Crippen LogP) is 2.62. The molecule has 1 heterocycles. The summed E-state index contributed by atoms with van der Waals surface area (Å²) in [5, 5.41) is 9.45. The van der Waals surface area contributed by atoms with Crippen molar-refractivity contribution in [3.05, 3.63) is 24.0 Å². The van der Waals surface area contributed by atoms with Crippen molar-refractivity contribution in [2.24, 2.45) is 0 Å². The largest absolute Gasteiger partial charge is 0.497 e. The van der Waals surface area contributed by atoms with Crippen molar-refractivity contribution >= 4 is 5.97 Å². The van der Waals surface area contributed by atoms with Crippen molar-refractivity contribution in [3.63, 3.8) is 0 Å².